The second-order valence-electron chi connectivity index (χ2n) is 6.20. The molecule has 0 aliphatic rings. The topological polar surface area (TPSA) is 70.8 Å². The van der Waals surface area contributed by atoms with Gasteiger partial charge in [-0.3, -0.25) is 10.1 Å². The molecule has 0 aliphatic carbocycles. The van der Waals surface area contributed by atoms with Crippen LogP contribution in [0.5, 0.6) is 0 Å². The molecule has 0 atom stereocenters. The van der Waals surface area contributed by atoms with Crippen LogP contribution in [0.25, 0.3) is 0 Å². The molecule has 0 unspecified atom stereocenters. The van der Waals surface area contributed by atoms with Gasteiger partial charge in [0, 0.05) is 23.4 Å². The monoisotopic (exact) mass is 458 g/mol. The Balaban J connectivity index is 1.83. The first-order chi connectivity index (χ1) is 14.4. The number of nitrogens with zero attached hydrogens (tertiary/aromatic N) is 3. The Morgan fingerprint density at radius 1 is 1.07 bits per heavy atom. The molecule has 9 heteroatoms. The molecule has 0 saturated carbocycles. The Morgan fingerprint density at radius 2 is 1.83 bits per heavy atom. The summed E-state index contributed by atoms with van der Waals surface area (Å²) in [6.07, 6.45) is 1.53. The van der Waals surface area contributed by atoms with Gasteiger partial charge in [-0.2, -0.15) is 5.10 Å². The molecule has 152 valence electrons. The maximum Gasteiger partial charge on any atom is 0.270 e. The van der Waals surface area contributed by atoms with Gasteiger partial charge in [0.2, 0.25) is 0 Å². The van der Waals surface area contributed by atoms with E-state index in [-0.39, 0.29) is 5.69 Å². The van der Waals surface area contributed by atoms with Gasteiger partial charge in [0.05, 0.1) is 27.7 Å². The number of nitrogens with one attached hydrogen (secondary N) is 1. The van der Waals surface area contributed by atoms with Gasteiger partial charge >= 0.3 is 0 Å². The first-order valence-electron chi connectivity index (χ1n) is 8.78. The molecule has 6 nitrogen and oxygen atoms in total. The fraction of sp³-hybridized carbons (Fsp3) is 0.0476. The second kappa shape index (κ2) is 10.2. The standard InChI is InChI=1S/C21H16Cl2N4O2S/c22-19-10-9-17(12-20(19)23)25-21(30)26(14-15-5-2-1-3-6-15)24-13-16-7-4-8-18(11-16)27(28)29/h1-13H,14H2,(H,25,30)/b24-13-. The van der Waals surface area contributed by atoms with Crippen molar-refractivity contribution < 1.29 is 4.92 Å². The number of benzene rings is 3. The maximum absolute atomic E-state index is 11.0. The summed E-state index contributed by atoms with van der Waals surface area (Å²) in [4.78, 5) is 10.5. The van der Waals surface area contributed by atoms with Crippen molar-refractivity contribution in [2.45, 2.75) is 6.54 Å². The molecule has 3 aromatic rings. The van der Waals surface area contributed by atoms with Crippen LogP contribution in [-0.4, -0.2) is 21.3 Å². The normalized spacial score (nSPS) is 10.7. The molecule has 0 aromatic heterocycles. The molecular formula is C21H16Cl2N4O2S. The fourth-order valence-corrected chi connectivity index (χ4v) is 3.07. The van der Waals surface area contributed by atoms with E-state index in [1.165, 1.54) is 18.3 Å². The Morgan fingerprint density at radius 3 is 2.53 bits per heavy atom. The van der Waals surface area contributed by atoms with E-state index in [4.69, 9.17) is 35.4 Å². The molecule has 0 amide bonds. The maximum atomic E-state index is 11.0. The Hall–Kier alpha value is -3.00. The van der Waals surface area contributed by atoms with Crippen molar-refractivity contribution in [3.63, 3.8) is 0 Å². The van der Waals surface area contributed by atoms with Crippen LogP contribution < -0.4 is 5.32 Å². The number of hydrogen-bond acceptors (Lipinski definition) is 4. The highest BCUT2D eigenvalue weighted by molar-refractivity contribution is 7.80. The molecule has 0 radical (unpaired) electrons. The van der Waals surface area contributed by atoms with Gasteiger partial charge in [-0.15, -0.1) is 0 Å². The van der Waals surface area contributed by atoms with Gasteiger partial charge < -0.3 is 5.32 Å². The van der Waals surface area contributed by atoms with E-state index < -0.39 is 4.92 Å². The largest absolute Gasteiger partial charge is 0.331 e. The zero-order valence-electron chi connectivity index (χ0n) is 15.5. The quantitative estimate of drug-likeness (QED) is 0.208. The molecule has 0 heterocycles. The summed E-state index contributed by atoms with van der Waals surface area (Å²) in [5, 5.41) is 21.3. The minimum Gasteiger partial charge on any atom is -0.331 e. The number of nitro groups is 1. The second-order valence-corrected chi connectivity index (χ2v) is 7.40. The van der Waals surface area contributed by atoms with Crippen LogP contribution in [0, 0.1) is 10.1 Å². The number of hydrazone groups is 1. The van der Waals surface area contributed by atoms with Gasteiger partial charge in [-0.25, -0.2) is 5.01 Å². The van der Waals surface area contributed by atoms with Crippen LogP contribution in [0.1, 0.15) is 11.1 Å². The highest BCUT2D eigenvalue weighted by atomic mass is 35.5. The van der Waals surface area contributed by atoms with E-state index in [1.807, 2.05) is 30.3 Å². The molecule has 0 fully saturated rings. The van der Waals surface area contributed by atoms with Crippen LogP contribution in [0.4, 0.5) is 11.4 Å². The van der Waals surface area contributed by atoms with Crippen LogP contribution in [-0.2, 0) is 6.54 Å². The molecule has 30 heavy (non-hydrogen) atoms. The number of anilines is 1. The summed E-state index contributed by atoms with van der Waals surface area (Å²) >= 11 is 17.6. The predicted molar refractivity (Wildman–Crippen MR) is 125 cm³/mol. The third-order valence-corrected chi connectivity index (χ3v) is 5.06. The van der Waals surface area contributed by atoms with E-state index in [2.05, 4.69) is 10.4 Å². The third-order valence-electron chi connectivity index (χ3n) is 4.01. The van der Waals surface area contributed by atoms with Gasteiger partial charge in [-0.05, 0) is 36.0 Å². The highest BCUT2D eigenvalue weighted by Gasteiger charge is 2.11. The lowest BCUT2D eigenvalue weighted by Gasteiger charge is -2.21. The number of halogens is 2. The summed E-state index contributed by atoms with van der Waals surface area (Å²) in [6.45, 7) is 0.402. The average molecular weight is 459 g/mol. The summed E-state index contributed by atoms with van der Waals surface area (Å²) < 4.78 is 0. The molecule has 3 aromatic carbocycles. The van der Waals surface area contributed by atoms with Crippen molar-refractivity contribution in [1.29, 1.82) is 0 Å². The third kappa shape index (κ3) is 6.00. The minimum atomic E-state index is -0.449. The van der Waals surface area contributed by atoms with Crippen LogP contribution >= 0.6 is 35.4 Å². The Kier molecular flexibility index (Phi) is 7.35. The highest BCUT2D eigenvalue weighted by Crippen LogP contribution is 2.25. The van der Waals surface area contributed by atoms with Crippen molar-refractivity contribution in [1.82, 2.24) is 5.01 Å². The first kappa shape index (κ1) is 21.7. The predicted octanol–water partition coefficient (Wildman–Crippen LogP) is 6.13. The number of hydrogen-bond donors (Lipinski definition) is 1. The van der Waals surface area contributed by atoms with Crippen LogP contribution in [0.3, 0.4) is 0 Å². The van der Waals surface area contributed by atoms with Crippen molar-refractivity contribution in [2.24, 2.45) is 5.10 Å². The van der Waals surface area contributed by atoms with Gasteiger partial charge in [0.25, 0.3) is 5.69 Å². The van der Waals surface area contributed by atoms with Gasteiger partial charge in [0.15, 0.2) is 5.11 Å². The number of non-ortho nitro benzene ring substituents is 1. The lowest BCUT2D eigenvalue weighted by atomic mass is 10.2. The van der Waals surface area contributed by atoms with E-state index in [1.54, 1.807) is 35.3 Å². The number of rotatable bonds is 6. The van der Waals surface area contributed by atoms with Crippen molar-refractivity contribution in [2.75, 3.05) is 5.32 Å². The fourth-order valence-electron chi connectivity index (χ4n) is 2.54. The average Bonchev–Trinajstić information content (AvgIpc) is 2.74. The lowest BCUT2D eigenvalue weighted by Crippen LogP contribution is -2.30. The van der Waals surface area contributed by atoms with E-state index >= 15 is 0 Å². The van der Waals surface area contributed by atoms with E-state index in [9.17, 15) is 10.1 Å². The summed E-state index contributed by atoms with van der Waals surface area (Å²) in [7, 11) is 0. The molecule has 0 saturated heterocycles. The van der Waals surface area contributed by atoms with Crippen LogP contribution in [0.2, 0.25) is 10.0 Å². The summed E-state index contributed by atoms with van der Waals surface area (Å²) in [6, 6.07) is 21.0. The number of nitro benzene ring substituents is 1. The molecule has 1 N–H and O–H groups in total. The SMILES string of the molecule is O=[N+]([O-])c1cccc(/C=N\N(Cc2ccccc2)C(=S)Nc2ccc(Cl)c(Cl)c2)c1. The van der Waals surface area contributed by atoms with Gasteiger partial charge in [0.1, 0.15) is 0 Å². The smallest absolute Gasteiger partial charge is 0.270 e. The van der Waals surface area contributed by atoms with Gasteiger partial charge in [-0.1, -0.05) is 65.7 Å². The Bertz CT molecular complexity index is 1090. The minimum absolute atomic E-state index is 0.00920. The lowest BCUT2D eigenvalue weighted by molar-refractivity contribution is -0.384. The molecule has 0 aliphatic heterocycles. The van der Waals surface area contributed by atoms with Crippen molar-refractivity contribution >= 4 is 58.1 Å². The molecule has 0 bridgehead atoms. The van der Waals surface area contributed by atoms with Crippen molar-refractivity contribution in [3.8, 4) is 0 Å². The number of thiocarbonyl (C=S) groups is 1. The van der Waals surface area contributed by atoms with E-state index in [0.29, 0.717) is 33.0 Å². The zero-order chi connectivity index (χ0) is 21.5. The molecule has 0 spiro atoms. The first-order valence-corrected chi connectivity index (χ1v) is 9.95. The summed E-state index contributed by atoms with van der Waals surface area (Å²) in [5.41, 5.74) is 2.23. The summed E-state index contributed by atoms with van der Waals surface area (Å²) in [5.74, 6) is 0. The molecular weight excluding hydrogens is 443 g/mol. The van der Waals surface area contributed by atoms with Crippen LogP contribution in [0.15, 0.2) is 77.9 Å². The molecule has 3 rings (SSSR count). The zero-order valence-corrected chi connectivity index (χ0v) is 17.9. The van der Waals surface area contributed by atoms with E-state index in [0.717, 1.165) is 5.56 Å². The Labute approximate surface area is 188 Å². The van der Waals surface area contributed by atoms with Crippen molar-refractivity contribution in [3.05, 3.63) is 104 Å².